The van der Waals surface area contributed by atoms with E-state index >= 15 is 0 Å². The second-order valence-corrected chi connectivity index (χ2v) is 11.2. The topological polar surface area (TPSA) is 79.8 Å². The number of thiazole rings is 1. The SMILES string of the molecule is O=C(OC1CN(c2nc3ccccc3s2)C1)[C@@H]1CCCN1S(=O)(=O)c1cccs1. The molecule has 1 atom stereocenters. The third-order valence-electron chi connectivity index (χ3n) is 5.22. The number of nitrogens with zero attached hydrogens (tertiary/aromatic N) is 3. The van der Waals surface area contributed by atoms with Gasteiger partial charge in [0, 0.05) is 6.54 Å². The first kappa shape index (κ1) is 19.0. The molecule has 0 amide bonds. The summed E-state index contributed by atoms with van der Waals surface area (Å²) < 4.78 is 34.0. The molecule has 2 aromatic heterocycles. The number of carbonyl (C=O) groups excluding carboxylic acids is 1. The maximum atomic E-state index is 12.8. The Morgan fingerprint density at radius 2 is 2.00 bits per heavy atom. The molecule has 2 aliphatic rings. The van der Waals surface area contributed by atoms with Crippen molar-refractivity contribution in [1.29, 1.82) is 0 Å². The molecule has 29 heavy (non-hydrogen) atoms. The van der Waals surface area contributed by atoms with Crippen molar-refractivity contribution in [2.45, 2.75) is 29.2 Å². The monoisotopic (exact) mass is 449 g/mol. The number of hydrogen-bond donors (Lipinski definition) is 0. The third-order valence-corrected chi connectivity index (χ3v) is 9.60. The minimum absolute atomic E-state index is 0.235. The minimum atomic E-state index is -3.65. The van der Waals surface area contributed by atoms with Gasteiger partial charge in [0.2, 0.25) is 0 Å². The van der Waals surface area contributed by atoms with Crippen LogP contribution in [-0.2, 0) is 19.6 Å². The molecule has 2 fully saturated rings. The van der Waals surface area contributed by atoms with E-state index in [0.29, 0.717) is 32.5 Å². The van der Waals surface area contributed by atoms with Gasteiger partial charge in [-0.15, -0.1) is 11.3 Å². The summed E-state index contributed by atoms with van der Waals surface area (Å²) in [5.41, 5.74) is 0.966. The van der Waals surface area contributed by atoms with Gasteiger partial charge >= 0.3 is 5.97 Å². The fraction of sp³-hybridized carbons (Fsp3) is 0.368. The smallest absolute Gasteiger partial charge is 0.324 e. The molecular weight excluding hydrogens is 430 g/mol. The highest BCUT2D eigenvalue weighted by Gasteiger charge is 2.42. The van der Waals surface area contributed by atoms with Crippen molar-refractivity contribution < 1.29 is 17.9 Å². The van der Waals surface area contributed by atoms with Crippen LogP contribution in [0.25, 0.3) is 10.2 Å². The molecule has 3 aromatic rings. The molecule has 0 N–H and O–H groups in total. The Balaban J connectivity index is 1.22. The molecule has 5 rings (SSSR count). The van der Waals surface area contributed by atoms with Gasteiger partial charge in [-0.3, -0.25) is 4.79 Å². The normalized spacial score (nSPS) is 20.8. The fourth-order valence-electron chi connectivity index (χ4n) is 3.70. The summed E-state index contributed by atoms with van der Waals surface area (Å²) in [6, 6.07) is 10.5. The second kappa shape index (κ2) is 7.35. The predicted octanol–water partition coefficient (Wildman–Crippen LogP) is 2.94. The van der Waals surface area contributed by atoms with Gasteiger partial charge in [0.1, 0.15) is 16.4 Å². The molecule has 0 bridgehead atoms. The lowest BCUT2D eigenvalue weighted by Crippen LogP contribution is -2.54. The van der Waals surface area contributed by atoms with Crippen LogP contribution in [0.15, 0.2) is 46.0 Å². The Morgan fingerprint density at radius 1 is 1.17 bits per heavy atom. The standard InChI is InChI=1S/C19H19N3O4S3/c23-18(15-6-3-9-22(15)29(24,25)17-8-4-10-27-17)26-13-11-21(12-13)19-20-14-5-1-2-7-16(14)28-19/h1-2,4-5,7-8,10,13,15H,3,6,9,11-12H2/t15-/m0/s1. The number of para-hydroxylation sites is 1. The predicted molar refractivity (Wildman–Crippen MR) is 113 cm³/mol. The van der Waals surface area contributed by atoms with Crippen molar-refractivity contribution in [1.82, 2.24) is 9.29 Å². The summed E-state index contributed by atoms with van der Waals surface area (Å²) in [5, 5.41) is 2.64. The van der Waals surface area contributed by atoms with E-state index in [9.17, 15) is 13.2 Å². The lowest BCUT2D eigenvalue weighted by atomic mass is 10.2. The molecule has 0 saturated carbocycles. The number of carbonyl (C=O) groups is 1. The van der Waals surface area contributed by atoms with Crippen molar-refractivity contribution in [3.63, 3.8) is 0 Å². The lowest BCUT2D eigenvalue weighted by Gasteiger charge is -2.38. The van der Waals surface area contributed by atoms with Crippen LogP contribution in [-0.4, -0.2) is 55.5 Å². The van der Waals surface area contributed by atoms with Gasteiger partial charge in [-0.05, 0) is 36.4 Å². The molecule has 0 radical (unpaired) electrons. The molecule has 0 aliphatic carbocycles. The van der Waals surface area contributed by atoms with Crippen molar-refractivity contribution in [3.05, 3.63) is 41.8 Å². The Morgan fingerprint density at radius 3 is 2.76 bits per heavy atom. The fourth-order valence-corrected chi connectivity index (χ4v) is 7.45. The molecule has 2 aliphatic heterocycles. The number of sulfonamides is 1. The molecular formula is C19H19N3O4S3. The molecule has 0 unspecified atom stereocenters. The van der Waals surface area contributed by atoms with Gasteiger partial charge in [0.25, 0.3) is 10.0 Å². The largest absolute Gasteiger partial charge is 0.457 e. The number of hydrogen-bond acceptors (Lipinski definition) is 8. The van der Waals surface area contributed by atoms with Crippen LogP contribution in [0.5, 0.6) is 0 Å². The van der Waals surface area contributed by atoms with Crippen LogP contribution < -0.4 is 4.90 Å². The summed E-state index contributed by atoms with van der Waals surface area (Å²) in [4.78, 5) is 19.4. The van der Waals surface area contributed by atoms with Crippen LogP contribution in [0, 0.1) is 0 Å². The van der Waals surface area contributed by atoms with Gasteiger partial charge in [0.15, 0.2) is 5.13 Å². The van der Waals surface area contributed by atoms with E-state index in [4.69, 9.17) is 4.74 Å². The maximum absolute atomic E-state index is 12.8. The van der Waals surface area contributed by atoms with Crippen molar-refractivity contribution in [3.8, 4) is 0 Å². The average molecular weight is 450 g/mol. The molecule has 4 heterocycles. The second-order valence-electron chi connectivity index (χ2n) is 7.13. The third kappa shape index (κ3) is 3.43. The Bertz CT molecular complexity index is 1100. The van der Waals surface area contributed by atoms with Gasteiger partial charge in [-0.1, -0.05) is 29.5 Å². The minimum Gasteiger partial charge on any atom is -0.457 e. The van der Waals surface area contributed by atoms with Crippen LogP contribution >= 0.6 is 22.7 Å². The van der Waals surface area contributed by atoms with E-state index in [1.807, 2.05) is 24.3 Å². The van der Waals surface area contributed by atoms with Crippen molar-refractivity contribution in [2.24, 2.45) is 0 Å². The first-order chi connectivity index (χ1) is 14.0. The molecule has 0 spiro atoms. The molecule has 10 heteroatoms. The van der Waals surface area contributed by atoms with Gasteiger partial charge in [-0.25, -0.2) is 13.4 Å². The van der Waals surface area contributed by atoms with E-state index in [0.717, 1.165) is 15.3 Å². The Labute approximate surface area is 176 Å². The van der Waals surface area contributed by atoms with Crippen molar-refractivity contribution >= 4 is 54.0 Å². The summed E-state index contributed by atoms with van der Waals surface area (Å²) in [6.07, 6.45) is 0.923. The van der Waals surface area contributed by atoms with Crippen LogP contribution in [0.2, 0.25) is 0 Å². The summed E-state index contributed by atoms with van der Waals surface area (Å²) in [7, 11) is -3.65. The number of esters is 1. The van der Waals surface area contributed by atoms with Crippen LogP contribution in [0.4, 0.5) is 5.13 Å². The summed E-state index contributed by atoms with van der Waals surface area (Å²) in [6.45, 7) is 1.51. The van der Waals surface area contributed by atoms with Crippen molar-refractivity contribution in [2.75, 3.05) is 24.5 Å². The van der Waals surface area contributed by atoms with Crippen LogP contribution in [0.1, 0.15) is 12.8 Å². The highest BCUT2D eigenvalue weighted by atomic mass is 32.2. The number of rotatable bonds is 5. The number of benzene rings is 1. The Kier molecular flexibility index (Phi) is 4.81. The van der Waals surface area contributed by atoms with E-state index < -0.39 is 22.0 Å². The lowest BCUT2D eigenvalue weighted by molar-refractivity contribution is -0.154. The number of thiophene rings is 1. The van der Waals surface area contributed by atoms with Gasteiger partial charge in [0.05, 0.1) is 23.3 Å². The Hall–Kier alpha value is -2.01. The van der Waals surface area contributed by atoms with Gasteiger partial charge < -0.3 is 9.64 Å². The maximum Gasteiger partial charge on any atom is 0.324 e. The zero-order valence-corrected chi connectivity index (χ0v) is 17.9. The van der Waals surface area contributed by atoms with E-state index in [-0.39, 0.29) is 10.3 Å². The highest BCUT2D eigenvalue weighted by Crippen LogP contribution is 2.33. The zero-order valence-electron chi connectivity index (χ0n) is 15.4. The van der Waals surface area contributed by atoms with E-state index in [2.05, 4.69) is 9.88 Å². The summed E-state index contributed by atoms with van der Waals surface area (Å²) >= 11 is 2.78. The molecule has 7 nitrogen and oxygen atoms in total. The number of ether oxygens (including phenoxy) is 1. The highest BCUT2D eigenvalue weighted by molar-refractivity contribution is 7.91. The number of aromatic nitrogens is 1. The molecule has 152 valence electrons. The number of fused-ring (bicyclic) bond motifs is 1. The van der Waals surface area contributed by atoms with Gasteiger partial charge in [-0.2, -0.15) is 4.31 Å². The van der Waals surface area contributed by atoms with Crippen LogP contribution in [0.3, 0.4) is 0 Å². The zero-order chi connectivity index (χ0) is 20.0. The summed E-state index contributed by atoms with van der Waals surface area (Å²) in [5.74, 6) is -0.448. The first-order valence-corrected chi connectivity index (χ1v) is 12.5. The molecule has 2 saturated heterocycles. The van der Waals surface area contributed by atoms with E-state index in [1.54, 1.807) is 28.8 Å². The first-order valence-electron chi connectivity index (χ1n) is 9.39. The van der Waals surface area contributed by atoms with E-state index in [1.165, 1.54) is 15.6 Å². The average Bonchev–Trinajstić information content (AvgIpc) is 3.43. The number of anilines is 1. The molecule has 1 aromatic carbocycles. The quantitative estimate of drug-likeness (QED) is 0.557.